The fourth-order valence-corrected chi connectivity index (χ4v) is 2.22. The first-order valence-corrected chi connectivity index (χ1v) is 7.21. The Kier molecular flexibility index (Phi) is 4.11. The highest BCUT2D eigenvalue weighted by Crippen LogP contribution is 2.22. The first-order chi connectivity index (χ1) is 10.7. The third kappa shape index (κ3) is 3.12. The molecule has 2 aromatic carbocycles. The van der Waals surface area contributed by atoms with Gasteiger partial charge < -0.3 is 10.6 Å². The number of thiocarbonyl (C=S) groups is 1. The minimum Gasteiger partial charge on any atom is -0.357 e. The summed E-state index contributed by atoms with van der Waals surface area (Å²) in [6.07, 6.45) is 0. The molecular weight excluding hydrogens is 296 g/mol. The van der Waals surface area contributed by atoms with Gasteiger partial charge in [-0.25, -0.2) is 0 Å². The smallest absolute Gasteiger partial charge is 0.232 e. The molecule has 2 aromatic rings. The summed E-state index contributed by atoms with van der Waals surface area (Å²) in [4.78, 5) is 12.1. The Morgan fingerprint density at radius 2 is 1.82 bits per heavy atom. The zero-order valence-electron chi connectivity index (χ0n) is 11.7. The molecular formula is C16H14N4OS. The molecule has 3 N–H and O–H groups in total. The largest absolute Gasteiger partial charge is 0.357 e. The molecule has 0 atom stereocenters. The second kappa shape index (κ2) is 6.36. The highest BCUT2D eigenvalue weighted by atomic mass is 32.1. The van der Waals surface area contributed by atoms with Gasteiger partial charge in [0.2, 0.25) is 5.78 Å². The van der Waals surface area contributed by atoms with Crippen molar-refractivity contribution in [2.75, 3.05) is 5.32 Å². The molecule has 110 valence electrons. The summed E-state index contributed by atoms with van der Waals surface area (Å²) in [7, 11) is 0. The summed E-state index contributed by atoms with van der Waals surface area (Å²) >= 11 is 5.14. The Hall–Kier alpha value is -2.73. The quantitative estimate of drug-likeness (QED) is 0.599. The first kappa shape index (κ1) is 14.2. The number of amidine groups is 1. The normalized spacial score (nSPS) is 14.4. The number of para-hydroxylation sites is 1. The second-order valence-electron chi connectivity index (χ2n) is 4.74. The summed E-state index contributed by atoms with van der Waals surface area (Å²) in [5.41, 5.74) is 5.18. The van der Waals surface area contributed by atoms with Gasteiger partial charge in [0.05, 0.1) is 5.69 Å². The van der Waals surface area contributed by atoms with Crippen LogP contribution in [0.1, 0.15) is 15.9 Å². The van der Waals surface area contributed by atoms with Gasteiger partial charge in [-0.3, -0.25) is 10.2 Å². The van der Waals surface area contributed by atoms with Crippen LogP contribution in [0, 0.1) is 0 Å². The van der Waals surface area contributed by atoms with E-state index in [2.05, 4.69) is 21.2 Å². The van der Waals surface area contributed by atoms with E-state index in [1.54, 1.807) is 6.07 Å². The summed E-state index contributed by atoms with van der Waals surface area (Å²) in [5, 5.41) is 10.4. The Bertz CT molecular complexity index is 743. The topological polar surface area (TPSA) is 65.5 Å². The molecule has 1 heterocycles. The van der Waals surface area contributed by atoms with Crippen LogP contribution in [0.2, 0.25) is 0 Å². The van der Waals surface area contributed by atoms with Crippen LogP contribution in [-0.2, 0) is 6.54 Å². The van der Waals surface area contributed by atoms with Crippen molar-refractivity contribution in [2.45, 2.75) is 6.54 Å². The van der Waals surface area contributed by atoms with E-state index in [1.807, 2.05) is 48.5 Å². The number of carbonyl (C=O) groups is 1. The molecule has 5 nitrogen and oxygen atoms in total. The van der Waals surface area contributed by atoms with Crippen LogP contribution in [0.15, 0.2) is 59.7 Å². The highest BCUT2D eigenvalue weighted by Gasteiger charge is 2.25. The number of fused-ring (bicyclic) bond motifs is 1. The fraction of sp³-hybridized carbons (Fsp3) is 0.0625. The van der Waals surface area contributed by atoms with Crippen LogP contribution in [0.3, 0.4) is 0 Å². The summed E-state index contributed by atoms with van der Waals surface area (Å²) < 4.78 is 0. The lowest BCUT2D eigenvalue weighted by Crippen LogP contribution is -2.33. The van der Waals surface area contributed by atoms with Crippen molar-refractivity contribution in [1.82, 2.24) is 10.7 Å². The zero-order valence-corrected chi connectivity index (χ0v) is 12.5. The van der Waals surface area contributed by atoms with Gasteiger partial charge in [0.1, 0.15) is 0 Å². The molecule has 0 unspecified atom stereocenters. The van der Waals surface area contributed by atoms with E-state index in [0.717, 1.165) is 11.3 Å². The number of hydrogen-bond acceptors (Lipinski definition) is 3. The van der Waals surface area contributed by atoms with Crippen molar-refractivity contribution in [1.29, 1.82) is 0 Å². The second-order valence-corrected chi connectivity index (χ2v) is 5.15. The van der Waals surface area contributed by atoms with Gasteiger partial charge >= 0.3 is 0 Å². The molecule has 0 bridgehead atoms. The minimum absolute atomic E-state index is 0.144. The number of benzene rings is 2. The SMILES string of the molecule is O=C1C(=NNC(=S)NCc2ccccc2)Nc2ccccc21. The number of hydrogen-bond donors (Lipinski definition) is 3. The van der Waals surface area contributed by atoms with Crippen molar-refractivity contribution in [2.24, 2.45) is 5.10 Å². The van der Waals surface area contributed by atoms with Crippen LogP contribution in [0.25, 0.3) is 0 Å². The molecule has 0 aliphatic carbocycles. The maximum atomic E-state index is 12.1. The number of nitrogens with zero attached hydrogens (tertiary/aromatic N) is 1. The Balaban J connectivity index is 1.56. The summed E-state index contributed by atoms with van der Waals surface area (Å²) in [6, 6.07) is 17.2. The van der Waals surface area contributed by atoms with Crippen molar-refractivity contribution < 1.29 is 4.79 Å². The van der Waals surface area contributed by atoms with Gasteiger partial charge in [-0.2, -0.15) is 5.10 Å². The monoisotopic (exact) mass is 310 g/mol. The Morgan fingerprint density at radius 1 is 1.09 bits per heavy atom. The summed E-state index contributed by atoms with van der Waals surface area (Å²) in [6.45, 7) is 0.596. The maximum absolute atomic E-state index is 12.1. The lowest BCUT2D eigenvalue weighted by molar-refractivity contribution is 0.106. The van der Waals surface area contributed by atoms with Crippen molar-refractivity contribution in [3.63, 3.8) is 0 Å². The van der Waals surface area contributed by atoms with E-state index in [-0.39, 0.29) is 11.6 Å². The molecule has 1 aliphatic rings. The fourth-order valence-electron chi connectivity index (χ4n) is 2.11. The number of rotatable bonds is 3. The van der Waals surface area contributed by atoms with E-state index in [4.69, 9.17) is 12.2 Å². The van der Waals surface area contributed by atoms with E-state index in [0.29, 0.717) is 17.2 Å². The molecule has 0 fully saturated rings. The molecule has 0 amide bonds. The number of nitrogens with one attached hydrogen (secondary N) is 3. The van der Waals surface area contributed by atoms with Crippen LogP contribution in [0.4, 0.5) is 5.69 Å². The van der Waals surface area contributed by atoms with Crippen LogP contribution < -0.4 is 16.1 Å². The number of carbonyl (C=O) groups excluding carboxylic acids is 1. The van der Waals surface area contributed by atoms with Gasteiger partial charge in [0.25, 0.3) is 0 Å². The number of Topliss-reactive ketones (excluding diaryl/α,β-unsaturated/α-hetero) is 1. The van der Waals surface area contributed by atoms with Crippen LogP contribution >= 0.6 is 12.2 Å². The van der Waals surface area contributed by atoms with Crippen molar-refractivity contribution >= 4 is 34.6 Å². The molecule has 0 spiro atoms. The van der Waals surface area contributed by atoms with E-state index < -0.39 is 0 Å². The van der Waals surface area contributed by atoms with Crippen LogP contribution in [0.5, 0.6) is 0 Å². The Labute approximate surface area is 133 Å². The first-order valence-electron chi connectivity index (χ1n) is 6.80. The molecule has 0 saturated carbocycles. The summed E-state index contributed by atoms with van der Waals surface area (Å²) in [5.74, 6) is 0.0963. The Morgan fingerprint density at radius 3 is 2.59 bits per heavy atom. The molecule has 3 rings (SSSR count). The van der Waals surface area contributed by atoms with Gasteiger partial charge in [0, 0.05) is 12.1 Å². The molecule has 1 aliphatic heterocycles. The van der Waals surface area contributed by atoms with Gasteiger partial charge in [-0.1, -0.05) is 42.5 Å². The lowest BCUT2D eigenvalue weighted by atomic mass is 10.1. The van der Waals surface area contributed by atoms with Crippen molar-refractivity contribution in [3.05, 3.63) is 65.7 Å². The molecule has 0 aromatic heterocycles. The average Bonchev–Trinajstić information content (AvgIpc) is 2.88. The number of hydrazone groups is 1. The van der Waals surface area contributed by atoms with Crippen molar-refractivity contribution in [3.8, 4) is 0 Å². The predicted octanol–water partition coefficient (Wildman–Crippen LogP) is 2.27. The predicted molar refractivity (Wildman–Crippen MR) is 90.8 cm³/mol. The van der Waals surface area contributed by atoms with E-state index in [9.17, 15) is 4.79 Å². The van der Waals surface area contributed by atoms with E-state index >= 15 is 0 Å². The lowest BCUT2D eigenvalue weighted by Gasteiger charge is -2.07. The molecule has 0 radical (unpaired) electrons. The molecule has 0 saturated heterocycles. The molecule has 22 heavy (non-hydrogen) atoms. The van der Waals surface area contributed by atoms with Gasteiger partial charge in [0.15, 0.2) is 10.9 Å². The third-order valence-electron chi connectivity index (χ3n) is 3.20. The highest BCUT2D eigenvalue weighted by molar-refractivity contribution is 7.80. The number of ketones is 1. The van der Waals surface area contributed by atoms with E-state index in [1.165, 1.54) is 0 Å². The average molecular weight is 310 g/mol. The third-order valence-corrected chi connectivity index (χ3v) is 3.44. The maximum Gasteiger partial charge on any atom is 0.232 e. The molecule has 6 heteroatoms. The minimum atomic E-state index is -0.144. The van der Waals surface area contributed by atoms with Gasteiger partial charge in [-0.15, -0.1) is 0 Å². The standard InChI is InChI=1S/C16H14N4OS/c21-14-12-8-4-5-9-13(12)18-15(14)19-20-16(22)17-10-11-6-2-1-3-7-11/h1-9H,10H2,(H2,17,20,22)(H,18,19,21). The van der Waals surface area contributed by atoms with Gasteiger partial charge in [-0.05, 0) is 29.9 Å². The van der Waals surface area contributed by atoms with Crippen LogP contribution in [-0.4, -0.2) is 16.7 Å². The number of anilines is 1. The zero-order chi connectivity index (χ0) is 15.4.